The van der Waals surface area contributed by atoms with Crippen LogP contribution in [-0.2, 0) is 16.0 Å². The van der Waals surface area contributed by atoms with Gasteiger partial charge in [-0.2, -0.15) is 0 Å². The molecule has 0 unspecified atom stereocenters. The topological polar surface area (TPSA) is 75.2 Å². The molecule has 0 aromatic heterocycles. The largest absolute Gasteiger partial charge is 0.497 e. The number of nitrogens with zero attached hydrogens (tertiary/aromatic N) is 2. The summed E-state index contributed by atoms with van der Waals surface area (Å²) >= 11 is 0. The molecule has 0 aliphatic carbocycles. The average Bonchev–Trinajstić information content (AvgIpc) is 2.68. The number of unbranched alkanes of at least 4 members (excludes halogenated alkanes) is 1. The van der Waals surface area contributed by atoms with Crippen LogP contribution in [0.2, 0.25) is 0 Å². The molecule has 0 heterocycles. The minimum absolute atomic E-state index is 0.0263. The normalized spacial score (nSPS) is 11.4. The average molecular weight is 393 g/mol. The molecule has 0 saturated carbocycles. The molecule has 0 saturated heterocycles. The number of hydrogen-bond acceptors (Lipinski definition) is 4. The van der Waals surface area contributed by atoms with Crippen LogP contribution in [0.5, 0.6) is 5.75 Å². The van der Waals surface area contributed by atoms with Gasteiger partial charge in [-0.15, -0.1) is 0 Å². The van der Waals surface area contributed by atoms with Gasteiger partial charge >= 0.3 is 0 Å². The lowest BCUT2D eigenvalue weighted by Gasteiger charge is -2.14. The molecule has 7 heteroatoms. The molecule has 0 atom stereocenters. The van der Waals surface area contributed by atoms with E-state index in [-0.39, 0.29) is 18.6 Å². The minimum Gasteiger partial charge on any atom is -0.497 e. The van der Waals surface area contributed by atoms with E-state index < -0.39 is 0 Å². The van der Waals surface area contributed by atoms with Crippen molar-refractivity contribution in [2.45, 2.75) is 39.2 Å². The van der Waals surface area contributed by atoms with Crippen molar-refractivity contribution in [2.75, 3.05) is 47.4 Å². The van der Waals surface area contributed by atoms with Gasteiger partial charge in [-0.25, -0.2) is 4.99 Å². The van der Waals surface area contributed by atoms with E-state index in [1.807, 2.05) is 26.0 Å². The quantitative estimate of drug-likeness (QED) is 0.324. The number of hydrogen-bond donors (Lipinski definition) is 2. The summed E-state index contributed by atoms with van der Waals surface area (Å²) in [6.45, 7) is 6.48. The van der Waals surface area contributed by atoms with Crippen LogP contribution >= 0.6 is 0 Å². The van der Waals surface area contributed by atoms with E-state index >= 15 is 0 Å². The zero-order valence-corrected chi connectivity index (χ0v) is 18.0. The lowest BCUT2D eigenvalue weighted by atomic mass is 10.1. The highest BCUT2D eigenvalue weighted by molar-refractivity contribution is 5.84. The molecule has 1 amide bonds. The summed E-state index contributed by atoms with van der Waals surface area (Å²) in [4.78, 5) is 17.8. The molecule has 0 radical (unpaired) electrons. The van der Waals surface area contributed by atoms with E-state index in [2.05, 4.69) is 27.8 Å². The molecular weight excluding hydrogens is 356 g/mol. The van der Waals surface area contributed by atoms with Crippen molar-refractivity contribution in [2.24, 2.45) is 4.99 Å². The van der Waals surface area contributed by atoms with E-state index in [4.69, 9.17) is 9.47 Å². The maximum absolute atomic E-state index is 11.8. The second kappa shape index (κ2) is 13.8. The lowest BCUT2D eigenvalue weighted by molar-refractivity contribution is -0.127. The number of amides is 1. The molecule has 1 aromatic carbocycles. The van der Waals surface area contributed by atoms with Crippen molar-refractivity contribution in [3.05, 3.63) is 29.8 Å². The maximum Gasteiger partial charge on any atom is 0.243 e. The molecule has 0 spiro atoms. The predicted molar refractivity (Wildman–Crippen MR) is 114 cm³/mol. The molecule has 158 valence electrons. The molecule has 0 aliphatic rings. The van der Waals surface area contributed by atoms with Crippen LogP contribution in [0.3, 0.4) is 0 Å². The first-order valence-electron chi connectivity index (χ1n) is 9.89. The van der Waals surface area contributed by atoms with Gasteiger partial charge < -0.3 is 25.0 Å². The van der Waals surface area contributed by atoms with Crippen LogP contribution in [0.1, 0.15) is 32.3 Å². The smallest absolute Gasteiger partial charge is 0.243 e. The maximum atomic E-state index is 11.8. The van der Waals surface area contributed by atoms with Crippen LogP contribution in [0, 0.1) is 0 Å². The Kier molecular flexibility index (Phi) is 11.7. The Bertz CT molecular complexity index is 586. The summed E-state index contributed by atoms with van der Waals surface area (Å²) in [6, 6.07) is 8.01. The van der Waals surface area contributed by atoms with E-state index in [0.717, 1.165) is 44.7 Å². The SMILES string of the molecule is COc1ccc(CCNC(=NCC(=O)N(C)C)NCCCCOC(C)C)cc1. The van der Waals surface area contributed by atoms with Crippen LogP contribution in [0.15, 0.2) is 29.3 Å². The fourth-order valence-electron chi connectivity index (χ4n) is 2.33. The number of carbonyl (C=O) groups excluding carboxylic acids is 1. The van der Waals surface area contributed by atoms with E-state index in [1.165, 1.54) is 5.56 Å². The third-order valence-corrected chi connectivity index (χ3v) is 4.05. The van der Waals surface area contributed by atoms with Crippen molar-refractivity contribution >= 4 is 11.9 Å². The summed E-state index contributed by atoms with van der Waals surface area (Å²) in [5.41, 5.74) is 1.21. The molecular formula is C21H36N4O3. The van der Waals surface area contributed by atoms with Crippen molar-refractivity contribution in [1.82, 2.24) is 15.5 Å². The van der Waals surface area contributed by atoms with Crippen molar-refractivity contribution < 1.29 is 14.3 Å². The Balaban J connectivity index is 2.45. The molecule has 28 heavy (non-hydrogen) atoms. The second-order valence-corrected chi connectivity index (χ2v) is 7.03. The van der Waals surface area contributed by atoms with Gasteiger partial charge in [0.2, 0.25) is 5.91 Å². The number of carbonyl (C=O) groups is 1. The van der Waals surface area contributed by atoms with Crippen molar-refractivity contribution in [3.8, 4) is 5.75 Å². The monoisotopic (exact) mass is 392 g/mol. The first-order chi connectivity index (χ1) is 13.4. The van der Waals surface area contributed by atoms with E-state index in [9.17, 15) is 4.79 Å². The van der Waals surface area contributed by atoms with Gasteiger partial charge in [-0.05, 0) is 50.8 Å². The summed E-state index contributed by atoms with van der Waals surface area (Å²) in [5.74, 6) is 1.49. The highest BCUT2D eigenvalue weighted by Gasteiger charge is 2.05. The highest BCUT2D eigenvalue weighted by Crippen LogP contribution is 2.11. The third-order valence-electron chi connectivity index (χ3n) is 4.05. The molecule has 1 rings (SSSR count). The highest BCUT2D eigenvalue weighted by atomic mass is 16.5. The number of rotatable bonds is 12. The van der Waals surface area contributed by atoms with Crippen LogP contribution in [0.25, 0.3) is 0 Å². The zero-order chi connectivity index (χ0) is 20.8. The Labute approximate surface area is 169 Å². The van der Waals surface area contributed by atoms with Gasteiger partial charge in [0.05, 0.1) is 13.2 Å². The Morgan fingerprint density at radius 3 is 2.39 bits per heavy atom. The first-order valence-corrected chi connectivity index (χ1v) is 9.89. The number of ether oxygens (including phenoxy) is 2. The molecule has 0 fully saturated rings. The third kappa shape index (κ3) is 10.8. The Morgan fingerprint density at radius 1 is 1.11 bits per heavy atom. The van der Waals surface area contributed by atoms with Gasteiger partial charge in [0.25, 0.3) is 0 Å². The Hall–Kier alpha value is -2.28. The Morgan fingerprint density at radius 2 is 1.79 bits per heavy atom. The number of methoxy groups -OCH3 is 1. The van der Waals surface area contributed by atoms with Gasteiger partial charge in [0.15, 0.2) is 5.96 Å². The molecule has 2 N–H and O–H groups in total. The molecule has 7 nitrogen and oxygen atoms in total. The first kappa shape index (κ1) is 23.8. The number of guanidine groups is 1. The van der Waals surface area contributed by atoms with Crippen LogP contribution < -0.4 is 15.4 Å². The van der Waals surface area contributed by atoms with Gasteiger partial charge in [-0.3, -0.25) is 4.79 Å². The zero-order valence-electron chi connectivity index (χ0n) is 18.0. The van der Waals surface area contributed by atoms with Crippen molar-refractivity contribution in [1.29, 1.82) is 0 Å². The standard InChI is InChI=1S/C21H36N4O3/c1-17(2)28-15-7-6-13-22-21(24-16-20(26)25(3)4)23-14-12-18-8-10-19(27-5)11-9-18/h8-11,17H,6-7,12-16H2,1-5H3,(H2,22,23,24). The molecule has 0 aliphatic heterocycles. The van der Waals surface area contributed by atoms with E-state index in [1.54, 1.807) is 26.1 Å². The summed E-state index contributed by atoms with van der Waals surface area (Å²) < 4.78 is 10.7. The molecule has 1 aromatic rings. The van der Waals surface area contributed by atoms with Crippen LogP contribution in [0.4, 0.5) is 0 Å². The fraction of sp³-hybridized carbons (Fsp3) is 0.619. The predicted octanol–water partition coefficient (Wildman–Crippen LogP) is 2.07. The number of aliphatic imine (C=N–C) groups is 1. The number of benzene rings is 1. The summed E-state index contributed by atoms with van der Waals surface area (Å²) in [7, 11) is 5.13. The lowest BCUT2D eigenvalue weighted by Crippen LogP contribution is -2.40. The fourth-order valence-corrected chi connectivity index (χ4v) is 2.33. The van der Waals surface area contributed by atoms with Crippen LogP contribution in [-0.4, -0.2) is 70.3 Å². The van der Waals surface area contributed by atoms with Gasteiger partial charge in [0, 0.05) is 33.8 Å². The second-order valence-electron chi connectivity index (χ2n) is 7.03. The van der Waals surface area contributed by atoms with Gasteiger partial charge in [-0.1, -0.05) is 12.1 Å². The summed E-state index contributed by atoms with van der Waals surface area (Å²) in [5, 5.41) is 6.61. The minimum atomic E-state index is -0.0263. The van der Waals surface area contributed by atoms with Gasteiger partial charge in [0.1, 0.15) is 12.3 Å². The number of nitrogens with one attached hydrogen (secondary N) is 2. The van der Waals surface area contributed by atoms with E-state index in [0.29, 0.717) is 5.96 Å². The molecule has 0 bridgehead atoms. The summed E-state index contributed by atoms with van der Waals surface area (Å²) in [6.07, 6.45) is 3.09. The number of likely N-dealkylation sites (N-methyl/N-ethyl adjacent to an activating group) is 1. The van der Waals surface area contributed by atoms with Crippen molar-refractivity contribution in [3.63, 3.8) is 0 Å².